The fraction of sp³-hybridized carbons (Fsp3) is 0.500. The molecule has 0 atom stereocenters. The first-order valence-electron chi connectivity index (χ1n) is 6.73. The first-order chi connectivity index (χ1) is 9.25. The van der Waals surface area contributed by atoms with Gasteiger partial charge in [-0.25, -0.2) is 9.18 Å². The van der Waals surface area contributed by atoms with Gasteiger partial charge in [-0.3, -0.25) is 0 Å². The monoisotopic (exact) mass is 265 g/mol. The lowest BCUT2D eigenvalue weighted by Crippen LogP contribution is -2.50. The van der Waals surface area contributed by atoms with Crippen molar-refractivity contribution in [2.75, 3.05) is 32.7 Å². The summed E-state index contributed by atoms with van der Waals surface area (Å²) in [5.74, 6) is -0.206. The number of carbonyl (C=O) groups excluding carboxylic acids is 1. The number of hydrogen-bond acceptors (Lipinski definition) is 2. The largest absolute Gasteiger partial charge is 0.338 e. The number of nitrogens with zero attached hydrogens (tertiary/aromatic N) is 1. The van der Waals surface area contributed by atoms with Crippen molar-refractivity contribution in [2.24, 2.45) is 0 Å². The van der Waals surface area contributed by atoms with Gasteiger partial charge in [0.2, 0.25) is 0 Å². The van der Waals surface area contributed by atoms with E-state index in [1.807, 2.05) is 11.0 Å². The van der Waals surface area contributed by atoms with Crippen molar-refractivity contribution in [3.63, 3.8) is 0 Å². The third-order valence-electron chi connectivity index (χ3n) is 3.21. The highest BCUT2D eigenvalue weighted by molar-refractivity contribution is 5.74. The third kappa shape index (κ3) is 4.52. The Morgan fingerprint density at radius 1 is 1.37 bits per heavy atom. The summed E-state index contributed by atoms with van der Waals surface area (Å²) in [5.41, 5.74) is 0.969. The zero-order chi connectivity index (χ0) is 13.5. The Hall–Kier alpha value is -1.62. The van der Waals surface area contributed by atoms with Crippen LogP contribution in [-0.4, -0.2) is 43.7 Å². The fourth-order valence-electron chi connectivity index (χ4n) is 2.16. The molecule has 0 aromatic heterocycles. The van der Waals surface area contributed by atoms with Gasteiger partial charge in [0.05, 0.1) is 0 Å². The minimum absolute atomic E-state index is 0.000687. The Kier molecular flexibility index (Phi) is 5.15. The second-order valence-electron chi connectivity index (χ2n) is 4.70. The molecule has 1 fully saturated rings. The van der Waals surface area contributed by atoms with Gasteiger partial charge >= 0.3 is 6.03 Å². The highest BCUT2D eigenvalue weighted by Crippen LogP contribution is 2.05. The zero-order valence-corrected chi connectivity index (χ0v) is 11.0. The lowest BCUT2D eigenvalue weighted by Gasteiger charge is -2.27. The Labute approximate surface area is 113 Å². The van der Waals surface area contributed by atoms with Crippen molar-refractivity contribution in [3.05, 3.63) is 35.6 Å². The number of aryl methyl sites for hydroxylation is 1. The molecule has 104 valence electrons. The molecule has 1 heterocycles. The van der Waals surface area contributed by atoms with Crippen LogP contribution in [0.3, 0.4) is 0 Å². The van der Waals surface area contributed by atoms with Crippen LogP contribution in [0.15, 0.2) is 24.3 Å². The molecule has 1 aromatic carbocycles. The molecule has 0 saturated carbocycles. The smallest absolute Gasteiger partial charge is 0.317 e. The molecule has 0 radical (unpaired) electrons. The second-order valence-corrected chi connectivity index (χ2v) is 4.70. The summed E-state index contributed by atoms with van der Waals surface area (Å²) in [6, 6.07) is 6.60. The number of carbonyl (C=O) groups is 1. The number of halogens is 1. The van der Waals surface area contributed by atoms with E-state index in [9.17, 15) is 9.18 Å². The zero-order valence-electron chi connectivity index (χ0n) is 11.0. The standard InChI is InChI=1S/C14H20FN3O/c15-13-5-1-3-12(11-13)4-2-6-17-14(19)18-9-7-16-8-10-18/h1,3,5,11,16H,2,4,6-10H2,(H,17,19). The van der Waals surface area contributed by atoms with Crippen LogP contribution in [0.4, 0.5) is 9.18 Å². The van der Waals surface area contributed by atoms with Crippen LogP contribution in [0.25, 0.3) is 0 Å². The predicted molar refractivity (Wildman–Crippen MR) is 72.6 cm³/mol. The van der Waals surface area contributed by atoms with Crippen molar-refractivity contribution >= 4 is 6.03 Å². The Morgan fingerprint density at radius 3 is 2.89 bits per heavy atom. The molecular weight excluding hydrogens is 245 g/mol. The van der Waals surface area contributed by atoms with E-state index in [4.69, 9.17) is 0 Å². The summed E-state index contributed by atoms with van der Waals surface area (Å²) in [4.78, 5) is 13.6. The van der Waals surface area contributed by atoms with E-state index >= 15 is 0 Å². The maximum Gasteiger partial charge on any atom is 0.317 e. The Bertz CT molecular complexity index is 419. The van der Waals surface area contributed by atoms with Crippen LogP contribution in [0, 0.1) is 5.82 Å². The lowest BCUT2D eigenvalue weighted by atomic mass is 10.1. The summed E-state index contributed by atoms with van der Waals surface area (Å²) >= 11 is 0. The van der Waals surface area contributed by atoms with Crippen molar-refractivity contribution < 1.29 is 9.18 Å². The van der Waals surface area contributed by atoms with Crippen LogP contribution < -0.4 is 10.6 Å². The molecule has 0 spiro atoms. The average molecular weight is 265 g/mol. The van der Waals surface area contributed by atoms with E-state index in [0.29, 0.717) is 6.54 Å². The SMILES string of the molecule is O=C(NCCCc1cccc(F)c1)N1CCNCC1. The number of piperazine rings is 1. The number of nitrogens with one attached hydrogen (secondary N) is 2. The van der Waals surface area contributed by atoms with Gasteiger partial charge in [-0.2, -0.15) is 0 Å². The molecule has 5 heteroatoms. The number of urea groups is 1. The molecule has 2 amide bonds. The quantitative estimate of drug-likeness (QED) is 0.808. The van der Waals surface area contributed by atoms with Crippen LogP contribution in [-0.2, 0) is 6.42 Å². The number of rotatable bonds is 4. The molecule has 1 aromatic rings. The molecule has 0 bridgehead atoms. The number of hydrogen-bond donors (Lipinski definition) is 2. The van der Waals surface area contributed by atoms with Gasteiger partial charge in [0.1, 0.15) is 5.82 Å². The normalized spacial score (nSPS) is 15.3. The van der Waals surface area contributed by atoms with Crippen LogP contribution in [0.2, 0.25) is 0 Å². The molecule has 0 aliphatic carbocycles. The van der Waals surface area contributed by atoms with Gasteiger partial charge in [-0.15, -0.1) is 0 Å². The van der Waals surface area contributed by atoms with E-state index < -0.39 is 0 Å². The van der Waals surface area contributed by atoms with Gasteiger partial charge in [-0.1, -0.05) is 12.1 Å². The molecule has 0 unspecified atom stereocenters. The van der Waals surface area contributed by atoms with Crippen LogP contribution >= 0.6 is 0 Å². The highest BCUT2D eigenvalue weighted by Gasteiger charge is 2.14. The van der Waals surface area contributed by atoms with E-state index in [1.54, 1.807) is 6.07 Å². The molecule has 19 heavy (non-hydrogen) atoms. The van der Waals surface area contributed by atoms with Gasteiger partial charge in [0, 0.05) is 32.7 Å². The molecule has 1 saturated heterocycles. The second kappa shape index (κ2) is 7.09. The van der Waals surface area contributed by atoms with Crippen molar-refractivity contribution in [1.29, 1.82) is 0 Å². The first kappa shape index (κ1) is 13.8. The molecular formula is C14H20FN3O. The van der Waals surface area contributed by atoms with Gasteiger partial charge in [0.15, 0.2) is 0 Å². The fourth-order valence-corrected chi connectivity index (χ4v) is 2.16. The lowest BCUT2D eigenvalue weighted by molar-refractivity contribution is 0.190. The van der Waals surface area contributed by atoms with E-state index in [0.717, 1.165) is 44.6 Å². The summed E-state index contributed by atoms with van der Waals surface area (Å²) in [5, 5.41) is 6.11. The minimum Gasteiger partial charge on any atom is -0.338 e. The summed E-state index contributed by atoms with van der Waals surface area (Å²) < 4.78 is 13.0. The molecule has 4 nitrogen and oxygen atoms in total. The van der Waals surface area contributed by atoms with Gasteiger partial charge in [-0.05, 0) is 30.5 Å². The maximum absolute atomic E-state index is 13.0. The van der Waals surface area contributed by atoms with Crippen LogP contribution in [0.1, 0.15) is 12.0 Å². The molecule has 1 aliphatic heterocycles. The highest BCUT2D eigenvalue weighted by atomic mass is 19.1. The summed E-state index contributed by atoms with van der Waals surface area (Å²) in [6.07, 6.45) is 1.60. The topological polar surface area (TPSA) is 44.4 Å². The number of amides is 2. The Morgan fingerprint density at radius 2 is 2.16 bits per heavy atom. The predicted octanol–water partition coefficient (Wildman–Crippen LogP) is 1.37. The van der Waals surface area contributed by atoms with Crippen molar-refractivity contribution in [3.8, 4) is 0 Å². The third-order valence-corrected chi connectivity index (χ3v) is 3.21. The molecule has 2 rings (SSSR count). The van der Waals surface area contributed by atoms with E-state index in [1.165, 1.54) is 12.1 Å². The van der Waals surface area contributed by atoms with Gasteiger partial charge in [0.25, 0.3) is 0 Å². The first-order valence-corrected chi connectivity index (χ1v) is 6.73. The van der Waals surface area contributed by atoms with Crippen molar-refractivity contribution in [1.82, 2.24) is 15.5 Å². The minimum atomic E-state index is -0.206. The summed E-state index contributed by atoms with van der Waals surface area (Å²) in [7, 11) is 0. The van der Waals surface area contributed by atoms with E-state index in [2.05, 4.69) is 10.6 Å². The van der Waals surface area contributed by atoms with Crippen LogP contribution in [0.5, 0.6) is 0 Å². The van der Waals surface area contributed by atoms with Crippen molar-refractivity contribution in [2.45, 2.75) is 12.8 Å². The maximum atomic E-state index is 13.0. The van der Waals surface area contributed by atoms with E-state index in [-0.39, 0.29) is 11.8 Å². The summed E-state index contributed by atoms with van der Waals surface area (Å²) in [6.45, 7) is 3.86. The molecule has 1 aliphatic rings. The Balaban J connectivity index is 1.65. The van der Waals surface area contributed by atoms with Gasteiger partial charge < -0.3 is 15.5 Å². The number of benzene rings is 1. The average Bonchev–Trinajstić information content (AvgIpc) is 2.44. The molecule has 2 N–H and O–H groups in total.